The number of H-pyrrole nitrogens is 1. The van der Waals surface area contributed by atoms with Gasteiger partial charge in [-0.05, 0) is 24.6 Å². The Hall–Kier alpha value is -1.92. The van der Waals surface area contributed by atoms with Crippen LogP contribution in [0.1, 0.15) is 23.9 Å². The summed E-state index contributed by atoms with van der Waals surface area (Å²) in [7, 11) is 0. The molecule has 0 aliphatic carbocycles. The van der Waals surface area contributed by atoms with E-state index in [1.807, 2.05) is 25.1 Å². The third-order valence-corrected chi connectivity index (χ3v) is 2.88. The molecule has 0 spiro atoms. The number of aryl methyl sites for hydroxylation is 1. The van der Waals surface area contributed by atoms with Crippen LogP contribution in [0.2, 0.25) is 0 Å². The highest BCUT2D eigenvalue weighted by atomic mass is 16.4. The quantitative estimate of drug-likeness (QED) is 0.634. The fraction of sp³-hybridized carbons (Fsp3) is 0.333. The van der Waals surface area contributed by atoms with Crippen molar-refractivity contribution in [2.45, 2.75) is 25.4 Å². The number of nitrogens with zero attached hydrogens (tertiary/aromatic N) is 1. The van der Waals surface area contributed by atoms with Gasteiger partial charge in [0.1, 0.15) is 5.82 Å². The molecular formula is C12H16N4O2. The minimum absolute atomic E-state index is 0.152. The van der Waals surface area contributed by atoms with Crippen molar-refractivity contribution in [3.63, 3.8) is 0 Å². The van der Waals surface area contributed by atoms with Gasteiger partial charge in [0.2, 0.25) is 0 Å². The van der Waals surface area contributed by atoms with Gasteiger partial charge in [-0.1, -0.05) is 6.07 Å². The molecule has 0 saturated carbocycles. The Kier molecular flexibility index (Phi) is 3.31. The Morgan fingerprint density at radius 2 is 2.22 bits per heavy atom. The van der Waals surface area contributed by atoms with E-state index in [1.54, 1.807) is 0 Å². The van der Waals surface area contributed by atoms with Gasteiger partial charge in [-0.3, -0.25) is 4.79 Å². The van der Waals surface area contributed by atoms with Crippen LogP contribution in [-0.2, 0) is 4.79 Å². The molecule has 0 saturated heterocycles. The number of rotatable bonds is 4. The van der Waals surface area contributed by atoms with E-state index in [9.17, 15) is 4.79 Å². The van der Waals surface area contributed by atoms with Crippen molar-refractivity contribution in [1.29, 1.82) is 0 Å². The number of carboxylic acid groups (broad SMARTS) is 1. The van der Waals surface area contributed by atoms with Crippen LogP contribution in [0, 0.1) is 6.92 Å². The highest BCUT2D eigenvalue weighted by Gasteiger charge is 2.18. The molecule has 2 atom stereocenters. The van der Waals surface area contributed by atoms with Crippen LogP contribution in [0.5, 0.6) is 0 Å². The maximum atomic E-state index is 10.6. The standard InChI is InChI=1S/C12H16N4O2/c1-6-15-9-3-2-7(4-10(9)16-6)12(14)8(13)5-11(17)18/h2-4,8,12H,5,13-14H2,1H3,(H,15,16)(H,17,18). The molecule has 6 nitrogen and oxygen atoms in total. The summed E-state index contributed by atoms with van der Waals surface area (Å²) in [5.74, 6) is -0.123. The topological polar surface area (TPSA) is 118 Å². The Morgan fingerprint density at radius 3 is 2.89 bits per heavy atom. The fourth-order valence-electron chi connectivity index (χ4n) is 1.94. The number of imidazole rings is 1. The first-order chi connectivity index (χ1) is 8.47. The van der Waals surface area contributed by atoms with E-state index in [4.69, 9.17) is 16.6 Å². The molecule has 0 aliphatic rings. The number of aromatic amines is 1. The summed E-state index contributed by atoms with van der Waals surface area (Å²) >= 11 is 0. The fourth-order valence-corrected chi connectivity index (χ4v) is 1.94. The predicted octanol–water partition coefficient (Wildman–Crippen LogP) is 0.673. The highest BCUT2D eigenvalue weighted by Crippen LogP contribution is 2.20. The van der Waals surface area contributed by atoms with Gasteiger partial charge in [-0.2, -0.15) is 0 Å². The summed E-state index contributed by atoms with van der Waals surface area (Å²) in [5, 5.41) is 8.70. The van der Waals surface area contributed by atoms with Gasteiger partial charge in [0.15, 0.2) is 0 Å². The first kappa shape index (κ1) is 12.5. The molecule has 0 aliphatic heterocycles. The zero-order valence-electron chi connectivity index (χ0n) is 10.1. The monoisotopic (exact) mass is 248 g/mol. The molecule has 1 heterocycles. The molecule has 2 rings (SSSR count). The zero-order valence-corrected chi connectivity index (χ0v) is 10.1. The number of hydrogen-bond donors (Lipinski definition) is 4. The molecule has 0 amide bonds. The van der Waals surface area contributed by atoms with Gasteiger partial charge in [0, 0.05) is 12.1 Å². The summed E-state index contributed by atoms with van der Waals surface area (Å²) in [4.78, 5) is 18.0. The number of carboxylic acids is 1. The number of aliphatic carboxylic acids is 1. The largest absolute Gasteiger partial charge is 0.481 e. The van der Waals surface area contributed by atoms with Gasteiger partial charge in [0.05, 0.1) is 17.5 Å². The van der Waals surface area contributed by atoms with E-state index in [2.05, 4.69) is 9.97 Å². The Labute approximate surface area is 104 Å². The van der Waals surface area contributed by atoms with Crippen LogP contribution in [-0.4, -0.2) is 27.1 Å². The maximum absolute atomic E-state index is 10.6. The van der Waals surface area contributed by atoms with Gasteiger partial charge in [-0.15, -0.1) is 0 Å². The number of nitrogens with two attached hydrogens (primary N) is 2. The van der Waals surface area contributed by atoms with Gasteiger partial charge in [-0.25, -0.2) is 4.98 Å². The lowest BCUT2D eigenvalue weighted by atomic mass is 9.98. The van der Waals surface area contributed by atoms with Crippen LogP contribution >= 0.6 is 0 Å². The van der Waals surface area contributed by atoms with Crippen molar-refractivity contribution in [2.75, 3.05) is 0 Å². The molecule has 96 valence electrons. The molecule has 2 aromatic rings. The second kappa shape index (κ2) is 4.75. The molecule has 0 bridgehead atoms. The predicted molar refractivity (Wildman–Crippen MR) is 68.0 cm³/mol. The molecule has 2 unspecified atom stereocenters. The number of nitrogens with one attached hydrogen (secondary N) is 1. The van der Waals surface area contributed by atoms with Crippen molar-refractivity contribution in [3.8, 4) is 0 Å². The molecule has 18 heavy (non-hydrogen) atoms. The smallest absolute Gasteiger partial charge is 0.304 e. The zero-order chi connectivity index (χ0) is 13.3. The van der Waals surface area contributed by atoms with Gasteiger partial charge < -0.3 is 21.6 Å². The minimum atomic E-state index is -0.948. The Bertz CT molecular complexity index is 578. The molecule has 0 fully saturated rings. The lowest BCUT2D eigenvalue weighted by Crippen LogP contribution is -2.36. The van der Waals surface area contributed by atoms with E-state index in [-0.39, 0.29) is 6.42 Å². The van der Waals surface area contributed by atoms with Crippen LogP contribution in [0.3, 0.4) is 0 Å². The SMILES string of the molecule is Cc1nc2ccc(C(N)C(N)CC(=O)O)cc2[nH]1. The molecule has 6 N–H and O–H groups in total. The van der Waals surface area contributed by atoms with Gasteiger partial charge in [0.25, 0.3) is 0 Å². The van der Waals surface area contributed by atoms with E-state index in [0.29, 0.717) is 0 Å². The average molecular weight is 248 g/mol. The molecule has 1 aromatic heterocycles. The third kappa shape index (κ3) is 2.49. The summed E-state index contributed by atoms with van der Waals surface area (Å²) < 4.78 is 0. The highest BCUT2D eigenvalue weighted by molar-refractivity contribution is 5.76. The van der Waals surface area contributed by atoms with Crippen molar-refractivity contribution in [2.24, 2.45) is 11.5 Å². The summed E-state index contributed by atoms with van der Waals surface area (Å²) in [6.45, 7) is 1.87. The molecule has 1 aromatic carbocycles. The number of benzene rings is 1. The van der Waals surface area contributed by atoms with E-state index < -0.39 is 18.1 Å². The summed E-state index contributed by atoms with van der Waals surface area (Å²) in [6.07, 6.45) is -0.152. The van der Waals surface area contributed by atoms with Crippen molar-refractivity contribution in [1.82, 2.24) is 9.97 Å². The molecular weight excluding hydrogens is 232 g/mol. The maximum Gasteiger partial charge on any atom is 0.304 e. The second-order valence-electron chi connectivity index (χ2n) is 4.39. The van der Waals surface area contributed by atoms with Crippen LogP contribution in [0.15, 0.2) is 18.2 Å². The Balaban J connectivity index is 2.26. The summed E-state index contributed by atoms with van der Waals surface area (Å²) in [6, 6.07) is 4.43. The average Bonchev–Trinajstić information content (AvgIpc) is 2.65. The number of fused-ring (bicyclic) bond motifs is 1. The molecule has 6 heteroatoms. The number of aromatic nitrogens is 2. The third-order valence-electron chi connectivity index (χ3n) is 2.88. The van der Waals surface area contributed by atoms with Crippen LogP contribution in [0.4, 0.5) is 0 Å². The first-order valence-electron chi connectivity index (χ1n) is 5.66. The van der Waals surface area contributed by atoms with E-state index in [0.717, 1.165) is 22.4 Å². The van der Waals surface area contributed by atoms with Crippen LogP contribution in [0.25, 0.3) is 11.0 Å². The number of hydrogen-bond acceptors (Lipinski definition) is 4. The van der Waals surface area contributed by atoms with Crippen molar-refractivity contribution < 1.29 is 9.90 Å². The second-order valence-corrected chi connectivity index (χ2v) is 4.39. The van der Waals surface area contributed by atoms with Crippen molar-refractivity contribution in [3.05, 3.63) is 29.6 Å². The first-order valence-corrected chi connectivity index (χ1v) is 5.66. The van der Waals surface area contributed by atoms with E-state index >= 15 is 0 Å². The van der Waals surface area contributed by atoms with Gasteiger partial charge >= 0.3 is 5.97 Å². The minimum Gasteiger partial charge on any atom is -0.481 e. The Morgan fingerprint density at radius 1 is 1.50 bits per heavy atom. The molecule has 0 radical (unpaired) electrons. The van der Waals surface area contributed by atoms with Crippen molar-refractivity contribution >= 4 is 17.0 Å². The van der Waals surface area contributed by atoms with E-state index in [1.165, 1.54) is 0 Å². The summed E-state index contributed by atoms with van der Waals surface area (Å²) in [5.41, 5.74) is 14.3. The van der Waals surface area contributed by atoms with Crippen LogP contribution < -0.4 is 11.5 Å². The lowest BCUT2D eigenvalue weighted by molar-refractivity contribution is -0.137. The lowest BCUT2D eigenvalue weighted by Gasteiger charge is -2.18. The normalized spacial score (nSPS) is 14.6. The number of carbonyl (C=O) groups is 1.